The predicted molar refractivity (Wildman–Crippen MR) is 141 cm³/mol. The second kappa shape index (κ2) is 10.4. The van der Waals surface area contributed by atoms with E-state index in [1.807, 2.05) is 36.4 Å². The number of rotatable bonds is 8. The molecule has 2 N–H and O–H groups in total. The monoisotopic (exact) mass is 521 g/mol. The molecule has 0 radical (unpaired) electrons. The second-order valence-corrected chi connectivity index (χ2v) is 9.93. The number of halogens is 2. The first-order valence-electron chi connectivity index (χ1n) is 11.9. The zero-order chi connectivity index (χ0) is 25.2. The lowest BCUT2D eigenvalue weighted by molar-refractivity contribution is -0.116. The van der Waals surface area contributed by atoms with Crippen molar-refractivity contribution in [1.29, 1.82) is 0 Å². The standard InChI is InChI=1S/C29H25Cl2NO4/c30-23-2-1-3-24(31)27(23)28(32)22(29(34)19-5-6-19)16-35-21-10-7-18(8-11-21)25-13-9-20-14-17(15-33)4-12-26(20)36-25/h1-4,7-8,10-12,14-15,19,25H,5-6,9,13,16,32H2. The predicted octanol–water partition coefficient (Wildman–Crippen LogP) is 6.60. The van der Waals surface area contributed by atoms with Crippen molar-refractivity contribution < 1.29 is 19.1 Å². The van der Waals surface area contributed by atoms with Crippen LogP contribution in [0.4, 0.5) is 0 Å². The molecule has 184 valence electrons. The Bertz CT molecular complexity index is 1330. The maximum Gasteiger partial charge on any atom is 0.167 e. The Labute approximate surface area is 219 Å². The van der Waals surface area contributed by atoms with Crippen molar-refractivity contribution in [2.45, 2.75) is 31.8 Å². The van der Waals surface area contributed by atoms with Crippen molar-refractivity contribution in [2.24, 2.45) is 11.7 Å². The summed E-state index contributed by atoms with van der Waals surface area (Å²) in [6, 6.07) is 18.3. The van der Waals surface area contributed by atoms with Gasteiger partial charge in [0.05, 0.1) is 21.3 Å². The average Bonchev–Trinajstić information content (AvgIpc) is 3.74. The first-order valence-corrected chi connectivity index (χ1v) is 12.6. The topological polar surface area (TPSA) is 78.6 Å². The Kier molecular flexibility index (Phi) is 7.04. The minimum atomic E-state index is -0.0847. The fraction of sp³-hybridized carbons (Fsp3) is 0.241. The van der Waals surface area contributed by atoms with E-state index in [1.54, 1.807) is 24.3 Å². The Balaban J connectivity index is 1.31. The zero-order valence-electron chi connectivity index (χ0n) is 19.5. The van der Waals surface area contributed by atoms with Crippen LogP contribution in [0.3, 0.4) is 0 Å². The molecule has 1 aliphatic carbocycles. The van der Waals surface area contributed by atoms with Gasteiger partial charge in [0.2, 0.25) is 0 Å². The third-order valence-electron chi connectivity index (χ3n) is 6.60. The SMILES string of the molecule is NC(=C(COc1ccc(C2CCc3cc(C=O)ccc3O2)cc1)C(=O)C1CC1)c1c(Cl)cccc1Cl. The zero-order valence-corrected chi connectivity index (χ0v) is 21.0. The molecule has 0 saturated heterocycles. The van der Waals surface area contributed by atoms with Gasteiger partial charge in [-0.1, -0.05) is 41.4 Å². The highest BCUT2D eigenvalue weighted by Crippen LogP contribution is 2.38. The molecule has 2 aliphatic rings. The quantitative estimate of drug-likeness (QED) is 0.266. The summed E-state index contributed by atoms with van der Waals surface area (Å²) in [5, 5.41) is 0.781. The summed E-state index contributed by atoms with van der Waals surface area (Å²) in [6.45, 7) is 0.0223. The van der Waals surface area contributed by atoms with Crippen LogP contribution in [-0.4, -0.2) is 18.7 Å². The molecule has 1 atom stereocenters. The van der Waals surface area contributed by atoms with E-state index in [-0.39, 0.29) is 30.1 Å². The molecule has 1 aliphatic heterocycles. The smallest absolute Gasteiger partial charge is 0.167 e. The number of nitrogens with two attached hydrogens (primary N) is 1. The van der Waals surface area contributed by atoms with Gasteiger partial charge in [0.1, 0.15) is 30.5 Å². The van der Waals surface area contributed by atoms with Gasteiger partial charge in [-0.2, -0.15) is 0 Å². The highest BCUT2D eigenvalue weighted by Gasteiger charge is 2.34. The number of aldehydes is 1. The van der Waals surface area contributed by atoms with Crippen LogP contribution in [0, 0.1) is 5.92 Å². The Morgan fingerprint density at radius 1 is 1.03 bits per heavy atom. The number of ketones is 1. The number of carbonyl (C=O) groups is 2. The molecular weight excluding hydrogens is 497 g/mol. The number of fused-ring (bicyclic) bond motifs is 1. The molecule has 36 heavy (non-hydrogen) atoms. The van der Waals surface area contributed by atoms with E-state index >= 15 is 0 Å². The Morgan fingerprint density at radius 3 is 2.42 bits per heavy atom. The lowest BCUT2D eigenvalue weighted by Crippen LogP contribution is -2.19. The first-order chi connectivity index (χ1) is 17.4. The lowest BCUT2D eigenvalue weighted by atomic mass is 9.96. The van der Waals surface area contributed by atoms with Crippen molar-refractivity contribution in [1.82, 2.24) is 0 Å². The van der Waals surface area contributed by atoms with Crippen molar-refractivity contribution in [3.63, 3.8) is 0 Å². The highest BCUT2D eigenvalue weighted by molar-refractivity contribution is 6.37. The third-order valence-corrected chi connectivity index (χ3v) is 7.23. The molecule has 0 aromatic heterocycles. The van der Waals surface area contributed by atoms with Gasteiger partial charge in [0.15, 0.2) is 5.78 Å². The fourth-order valence-electron chi connectivity index (χ4n) is 4.43. The molecule has 1 saturated carbocycles. The van der Waals surface area contributed by atoms with Gasteiger partial charge >= 0.3 is 0 Å². The van der Waals surface area contributed by atoms with Crippen LogP contribution in [0.15, 0.2) is 66.2 Å². The number of aryl methyl sites for hydroxylation is 1. The van der Waals surface area contributed by atoms with Crippen LogP contribution in [0.25, 0.3) is 5.70 Å². The van der Waals surface area contributed by atoms with E-state index in [0.29, 0.717) is 32.5 Å². The van der Waals surface area contributed by atoms with Gasteiger partial charge in [0, 0.05) is 17.0 Å². The summed E-state index contributed by atoms with van der Waals surface area (Å²) < 4.78 is 12.2. The molecule has 3 aromatic rings. The molecule has 7 heteroatoms. The van der Waals surface area contributed by atoms with E-state index < -0.39 is 0 Å². The number of benzene rings is 3. The summed E-state index contributed by atoms with van der Waals surface area (Å²) >= 11 is 12.7. The van der Waals surface area contributed by atoms with Crippen LogP contribution in [0.5, 0.6) is 11.5 Å². The maximum absolute atomic E-state index is 13.0. The molecule has 3 aromatic carbocycles. The van der Waals surface area contributed by atoms with Crippen LogP contribution < -0.4 is 15.2 Å². The van der Waals surface area contributed by atoms with Crippen LogP contribution >= 0.6 is 23.2 Å². The van der Waals surface area contributed by atoms with Gasteiger partial charge in [-0.25, -0.2) is 0 Å². The van der Waals surface area contributed by atoms with Crippen molar-refractivity contribution in [3.8, 4) is 11.5 Å². The highest BCUT2D eigenvalue weighted by atomic mass is 35.5. The van der Waals surface area contributed by atoms with Gasteiger partial charge in [-0.05, 0) is 79.3 Å². The number of hydrogen-bond acceptors (Lipinski definition) is 5. The van der Waals surface area contributed by atoms with Crippen LogP contribution in [0.2, 0.25) is 10.0 Å². The Hall–Kier alpha value is -3.28. The van der Waals surface area contributed by atoms with Gasteiger partial charge in [-0.15, -0.1) is 0 Å². The van der Waals surface area contributed by atoms with Gasteiger partial charge in [0.25, 0.3) is 0 Å². The van der Waals surface area contributed by atoms with Crippen LogP contribution in [-0.2, 0) is 11.2 Å². The minimum absolute atomic E-state index is 0.0212. The second-order valence-electron chi connectivity index (χ2n) is 9.12. The number of Topliss-reactive ketones (excluding diaryl/α,β-unsaturated/α-hetero) is 1. The maximum atomic E-state index is 13.0. The van der Waals surface area contributed by atoms with E-state index in [1.165, 1.54) is 0 Å². The van der Waals surface area contributed by atoms with Crippen molar-refractivity contribution in [2.75, 3.05) is 6.61 Å². The van der Waals surface area contributed by atoms with Crippen molar-refractivity contribution in [3.05, 3.63) is 98.5 Å². The molecular formula is C29H25Cl2NO4. The molecule has 1 fully saturated rings. The van der Waals surface area contributed by atoms with E-state index in [4.69, 9.17) is 38.4 Å². The molecule has 0 spiro atoms. The largest absolute Gasteiger partial charge is 0.489 e. The summed E-state index contributed by atoms with van der Waals surface area (Å²) in [6.07, 6.45) is 4.11. The first kappa shape index (κ1) is 24.4. The number of ether oxygens (including phenoxy) is 2. The molecule has 0 bridgehead atoms. The van der Waals surface area contributed by atoms with Gasteiger partial charge < -0.3 is 15.2 Å². The summed E-state index contributed by atoms with van der Waals surface area (Å²) in [7, 11) is 0. The molecule has 5 nitrogen and oxygen atoms in total. The summed E-state index contributed by atoms with van der Waals surface area (Å²) in [4.78, 5) is 24.1. The molecule has 1 unspecified atom stereocenters. The third kappa shape index (κ3) is 5.13. The summed E-state index contributed by atoms with van der Waals surface area (Å²) in [5.41, 5.74) is 10.3. The van der Waals surface area contributed by atoms with Crippen LogP contribution in [0.1, 0.15) is 52.4 Å². The minimum Gasteiger partial charge on any atom is -0.489 e. The lowest BCUT2D eigenvalue weighted by Gasteiger charge is -2.26. The Morgan fingerprint density at radius 2 is 1.75 bits per heavy atom. The van der Waals surface area contributed by atoms with Gasteiger partial charge in [-0.3, -0.25) is 9.59 Å². The molecule has 5 rings (SSSR count). The van der Waals surface area contributed by atoms with E-state index in [9.17, 15) is 9.59 Å². The fourth-order valence-corrected chi connectivity index (χ4v) is 5.03. The molecule has 1 heterocycles. The summed E-state index contributed by atoms with van der Waals surface area (Å²) in [5.74, 6) is 1.37. The molecule has 0 amide bonds. The van der Waals surface area contributed by atoms with E-state index in [2.05, 4.69) is 0 Å². The average molecular weight is 522 g/mol. The van der Waals surface area contributed by atoms with Crippen molar-refractivity contribution >= 4 is 41.0 Å². The number of carbonyl (C=O) groups excluding carboxylic acids is 2. The normalized spacial score (nSPS) is 17.4. The van der Waals surface area contributed by atoms with E-state index in [0.717, 1.165) is 48.8 Å². The number of hydrogen-bond donors (Lipinski definition) is 1.